The monoisotopic (exact) mass is 294 g/mol. The van der Waals surface area contributed by atoms with E-state index in [0.29, 0.717) is 6.42 Å². The van der Waals surface area contributed by atoms with Crippen molar-refractivity contribution in [3.63, 3.8) is 0 Å². The van der Waals surface area contributed by atoms with E-state index in [1.165, 1.54) is 9.75 Å². The van der Waals surface area contributed by atoms with E-state index in [-0.39, 0.29) is 30.4 Å². The van der Waals surface area contributed by atoms with Gasteiger partial charge in [-0.25, -0.2) is 0 Å². The lowest BCUT2D eigenvalue weighted by atomic mass is 10.0. The van der Waals surface area contributed by atoms with Gasteiger partial charge in [0.1, 0.15) is 12.6 Å². The molecule has 5 heteroatoms. The highest BCUT2D eigenvalue weighted by Gasteiger charge is 2.35. The van der Waals surface area contributed by atoms with Crippen molar-refractivity contribution in [1.29, 1.82) is 0 Å². The summed E-state index contributed by atoms with van der Waals surface area (Å²) in [6, 6.07) is 1.72. The van der Waals surface area contributed by atoms with Crippen LogP contribution >= 0.6 is 11.3 Å². The molecule has 1 saturated heterocycles. The number of rotatable bonds is 4. The van der Waals surface area contributed by atoms with Gasteiger partial charge in [0, 0.05) is 9.75 Å². The lowest BCUT2D eigenvalue weighted by Gasteiger charge is -2.36. The number of aryl methyl sites for hydroxylation is 2. The number of amides is 2. The Bertz CT molecular complexity index is 524. The SMILES string of the molecule is CCCC1NC(=O)CN(C(C)c2cc(C)sc2C)C1=O. The standard InChI is InChI=1S/C15H22N2O2S/c1-5-6-13-15(19)17(8-14(18)16-13)10(3)12-7-9(2)20-11(12)4/h7,10,13H,5-6,8H2,1-4H3,(H,16,18). The molecule has 0 aromatic carbocycles. The Morgan fingerprint density at radius 2 is 2.15 bits per heavy atom. The summed E-state index contributed by atoms with van der Waals surface area (Å²) in [4.78, 5) is 28.5. The topological polar surface area (TPSA) is 49.4 Å². The van der Waals surface area contributed by atoms with Gasteiger partial charge in [0.05, 0.1) is 6.04 Å². The first-order valence-electron chi connectivity index (χ1n) is 7.10. The van der Waals surface area contributed by atoms with Crippen molar-refractivity contribution in [3.8, 4) is 0 Å². The molecule has 110 valence electrons. The van der Waals surface area contributed by atoms with Crippen molar-refractivity contribution in [2.45, 2.75) is 52.6 Å². The molecule has 2 heterocycles. The fraction of sp³-hybridized carbons (Fsp3) is 0.600. The molecule has 0 spiro atoms. The summed E-state index contributed by atoms with van der Waals surface area (Å²) >= 11 is 1.74. The van der Waals surface area contributed by atoms with E-state index in [0.717, 1.165) is 12.0 Å². The maximum Gasteiger partial charge on any atom is 0.246 e. The molecule has 4 nitrogen and oxygen atoms in total. The van der Waals surface area contributed by atoms with Gasteiger partial charge in [0.2, 0.25) is 11.8 Å². The highest BCUT2D eigenvalue weighted by molar-refractivity contribution is 7.12. The maximum atomic E-state index is 12.5. The Morgan fingerprint density at radius 3 is 2.70 bits per heavy atom. The molecule has 1 aromatic heterocycles. The molecule has 2 unspecified atom stereocenters. The molecule has 0 aliphatic carbocycles. The molecule has 2 atom stereocenters. The van der Waals surface area contributed by atoms with Crippen molar-refractivity contribution in [2.75, 3.05) is 6.54 Å². The minimum absolute atomic E-state index is 0.0437. The van der Waals surface area contributed by atoms with Crippen LogP contribution in [0.2, 0.25) is 0 Å². The van der Waals surface area contributed by atoms with Gasteiger partial charge >= 0.3 is 0 Å². The molecule has 1 N–H and O–H groups in total. The second kappa shape index (κ2) is 5.95. The number of thiophene rings is 1. The van der Waals surface area contributed by atoms with Crippen LogP contribution in [0.5, 0.6) is 0 Å². The Kier molecular flexibility index (Phi) is 4.48. The normalized spacial score (nSPS) is 21.0. The fourth-order valence-corrected chi connectivity index (χ4v) is 3.80. The van der Waals surface area contributed by atoms with Gasteiger partial charge in [-0.15, -0.1) is 11.3 Å². The number of hydrogen-bond donors (Lipinski definition) is 1. The number of piperazine rings is 1. The van der Waals surface area contributed by atoms with E-state index in [1.54, 1.807) is 16.2 Å². The fourth-order valence-electron chi connectivity index (χ4n) is 2.78. The Labute approximate surface area is 124 Å². The Morgan fingerprint density at radius 1 is 1.45 bits per heavy atom. The van der Waals surface area contributed by atoms with Crippen LogP contribution in [0.3, 0.4) is 0 Å². The van der Waals surface area contributed by atoms with Gasteiger partial charge in [-0.05, 0) is 38.8 Å². The quantitative estimate of drug-likeness (QED) is 0.928. The minimum Gasteiger partial charge on any atom is -0.343 e. The van der Waals surface area contributed by atoms with Crippen molar-refractivity contribution < 1.29 is 9.59 Å². The summed E-state index contributed by atoms with van der Waals surface area (Å²) in [6.07, 6.45) is 1.59. The number of carbonyl (C=O) groups is 2. The molecular weight excluding hydrogens is 272 g/mol. The van der Waals surface area contributed by atoms with Crippen LogP contribution in [0, 0.1) is 13.8 Å². The number of hydrogen-bond acceptors (Lipinski definition) is 3. The van der Waals surface area contributed by atoms with Crippen LogP contribution in [0.1, 0.15) is 48.0 Å². The highest BCUT2D eigenvalue weighted by atomic mass is 32.1. The lowest BCUT2D eigenvalue weighted by Crippen LogP contribution is -2.58. The first kappa shape index (κ1) is 15.0. The molecule has 20 heavy (non-hydrogen) atoms. The average Bonchev–Trinajstić information content (AvgIpc) is 2.72. The lowest BCUT2D eigenvalue weighted by molar-refractivity contribution is -0.146. The smallest absolute Gasteiger partial charge is 0.246 e. The third-order valence-corrected chi connectivity index (χ3v) is 4.79. The number of nitrogens with zero attached hydrogens (tertiary/aromatic N) is 1. The molecule has 1 fully saturated rings. The molecule has 1 aliphatic heterocycles. The zero-order chi connectivity index (χ0) is 14.9. The molecule has 0 saturated carbocycles. The second-order valence-electron chi connectivity index (χ2n) is 5.42. The summed E-state index contributed by atoms with van der Waals surface area (Å²) in [5.41, 5.74) is 1.16. The largest absolute Gasteiger partial charge is 0.343 e. The molecule has 2 amide bonds. The Hall–Kier alpha value is -1.36. The van der Waals surface area contributed by atoms with Crippen molar-refractivity contribution in [3.05, 3.63) is 21.4 Å². The third-order valence-electron chi connectivity index (χ3n) is 3.80. The molecule has 1 aromatic rings. The summed E-state index contributed by atoms with van der Waals surface area (Å²) in [5.74, 6) is -0.0123. The summed E-state index contributed by atoms with van der Waals surface area (Å²) in [6.45, 7) is 8.33. The second-order valence-corrected chi connectivity index (χ2v) is 6.88. The van der Waals surface area contributed by atoms with Gasteiger partial charge in [0.25, 0.3) is 0 Å². The van der Waals surface area contributed by atoms with E-state index >= 15 is 0 Å². The third kappa shape index (κ3) is 2.87. The van der Waals surface area contributed by atoms with Crippen LogP contribution < -0.4 is 5.32 Å². The van der Waals surface area contributed by atoms with Gasteiger partial charge in [-0.2, -0.15) is 0 Å². The zero-order valence-corrected chi connectivity index (χ0v) is 13.3. The van der Waals surface area contributed by atoms with Crippen LogP contribution in [0.25, 0.3) is 0 Å². The molecule has 1 aliphatic rings. The predicted molar refractivity (Wildman–Crippen MR) is 80.8 cm³/mol. The van der Waals surface area contributed by atoms with Crippen molar-refractivity contribution in [1.82, 2.24) is 10.2 Å². The summed E-state index contributed by atoms with van der Waals surface area (Å²) < 4.78 is 0. The highest BCUT2D eigenvalue weighted by Crippen LogP contribution is 2.31. The maximum absolute atomic E-state index is 12.5. The van der Waals surface area contributed by atoms with E-state index in [9.17, 15) is 9.59 Å². The predicted octanol–water partition coefficient (Wildman–Crippen LogP) is 2.55. The zero-order valence-electron chi connectivity index (χ0n) is 12.5. The summed E-state index contributed by atoms with van der Waals surface area (Å²) in [5, 5.41) is 2.80. The van der Waals surface area contributed by atoms with Crippen molar-refractivity contribution in [2.24, 2.45) is 0 Å². The van der Waals surface area contributed by atoms with E-state index in [4.69, 9.17) is 0 Å². The first-order valence-corrected chi connectivity index (χ1v) is 7.92. The van der Waals surface area contributed by atoms with Gasteiger partial charge in [-0.1, -0.05) is 13.3 Å². The summed E-state index contributed by atoms with van der Waals surface area (Å²) in [7, 11) is 0. The van der Waals surface area contributed by atoms with Gasteiger partial charge in [0.15, 0.2) is 0 Å². The van der Waals surface area contributed by atoms with Crippen LogP contribution in [0.4, 0.5) is 0 Å². The van der Waals surface area contributed by atoms with E-state index in [1.807, 2.05) is 13.8 Å². The molecule has 2 rings (SSSR count). The van der Waals surface area contributed by atoms with E-state index < -0.39 is 0 Å². The van der Waals surface area contributed by atoms with Gasteiger partial charge < -0.3 is 10.2 Å². The average molecular weight is 294 g/mol. The molecule has 0 bridgehead atoms. The van der Waals surface area contributed by atoms with Crippen molar-refractivity contribution >= 4 is 23.2 Å². The number of carbonyl (C=O) groups excluding carboxylic acids is 2. The first-order chi connectivity index (χ1) is 9.43. The molecule has 0 radical (unpaired) electrons. The van der Waals surface area contributed by atoms with Crippen LogP contribution in [0.15, 0.2) is 6.07 Å². The Balaban J connectivity index is 2.23. The minimum atomic E-state index is -0.358. The van der Waals surface area contributed by atoms with Crippen LogP contribution in [-0.2, 0) is 9.59 Å². The number of nitrogens with one attached hydrogen (secondary N) is 1. The van der Waals surface area contributed by atoms with Crippen LogP contribution in [-0.4, -0.2) is 29.3 Å². The molecular formula is C15H22N2O2S. The van der Waals surface area contributed by atoms with E-state index in [2.05, 4.69) is 25.2 Å². The van der Waals surface area contributed by atoms with Gasteiger partial charge in [-0.3, -0.25) is 9.59 Å².